The number of sulfonamides is 1. The van der Waals surface area contributed by atoms with E-state index in [-0.39, 0.29) is 17.3 Å². The second-order valence-corrected chi connectivity index (χ2v) is 12.4. The Morgan fingerprint density at radius 3 is 2.26 bits per heavy atom. The van der Waals surface area contributed by atoms with Crippen LogP contribution in [0.2, 0.25) is 5.02 Å². The quantitative estimate of drug-likeness (QED) is 0.250. The molecular weight excluding hydrogens is 602 g/mol. The van der Waals surface area contributed by atoms with Gasteiger partial charge >= 0.3 is 0 Å². The lowest BCUT2D eigenvalue weighted by Crippen LogP contribution is -2.51. The van der Waals surface area contributed by atoms with Gasteiger partial charge in [0.05, 0.1) is 10.6 Å². The first kappa shape index (κ1) is 30.7. The monoisotopic (exact) mass is 633 g/mol. The topological polar surface area (TPSA) is 86.8 Å². The smallest absolute Gasteiger partial charge is 0.264 e. The zero-order valence-corrected chi connectivity index (χ0v) is 25.4. The number of nitrogens with zero attached hydrogens (tertiary/aromatic N) is 2. The lowest BCUT2D eigenvalue weighted by atomic mass is 10.1. The van der Waals surface area contributed by atoms with Crippen molar-refractivity contribution in [2.75, 3.05) is 17.4 Å². The summed E-state index contributed by atoms with van der Waals surface area (Å²) in [7, 11) is -4.14. The molecule has 0 unspecified atom stereocenters. The molecule has 2 amide bonds. The fraction of sp³-hybridized carbons (Fsp3) is 0.310. The Labute approximate surface area is 244 Å². The van der Waals surface area contributed by atoms with Crippen LogP contribution < -0.4 is 9.62 Å². The van der Waals surface area contributed by atoms with E-state index < -0.39 is 28.5 Å². The Kier molecular flexibility index (Phi) is 11.0. The van der Waals surface area contributed by atoms with Crippen molar-refractivity contribution in [3.05, 3.63) is 93.4 Å². The summed E-state index contributed by atoms with van der Waals surface area (Å²) in [4.78, 5) is 28.4. The third kappa shape index (κ3) is 8.06. The third-order valence-electron chi connectivity index (χ3n) is 6.33. The molecule has 0 saturated heterocycles. The van der Waals surface area contributed by atoms with Gasteiger partial charge in [0.1, 0.15) is 12.6 Å². The molecule has 208 valence electrons. The number of aryl methyl sites for hydroxylation is 1. The van der Waals surface area contributed by atoms with Gasteiger partial charge in [0, 0.05) is 22.6 Å². The summed E-state index contributed by atoms with van der Waals surface area (Å²) in [6.45, 7) is 5.62. The van der Waals surface area contributed by atoms with Crippen LogP contribution in [0.25, 0.3) is 0 Å². The summed E-state index contributed by atoms with van der Waals surface area (Å²) in [6.07, 6.45) is 1.74. The van der Waals surface area contributed by atoms with Crippen LogP contribution in [-0.4, -0.2) is 44.3 Å². The molecule has 3 aromatic carbocycles. The molecule has 0 fully saturated rings. The molecule has 0 spiro atoms. The molecule has 0 aromatic heterocycles. The molecule has 0 radical (unpaired) electrons. The predicted molar refractivity (Wildman–Crippen MR) is 159 cm³/mol. The van der Waals surface area contributed by atoms with Crippen LogP contribution in [0.3, 0.4) is 0 Å². The first-order valence-corrected chi connectivity index (χ1v) is 15.3. The summed E-state index contributed by atoms with van der Waals surface area (Å²) in [5.74, 6) is -0.797. The highest BCUT2D eigenvalue weighted by molar-refractivity contribution is 9.10. The van der Waals surface area contributed by atoms with Gasteiger partial charge in [-0.05, 0) is 73.9 Å². The number of amides is 2. The number of carbonyl (C=O) groups is 2. The first-order valence-electron chi connectivity index (χ1n) is 12.7. The number of benzene rings is 3. The SMILES string of the molecule is CCCCNC(=O)[C@@H](C)N(Cc1ccc(Br)cc1)C(=O)CN(c1ccccc1C)S(=O)(=O)c1ccc(Cl)cc1. The maximum absolute atomic E-state index is 13.9. The van der Waals surface area contributed by atoms with E-state index in [9.17, 15) is 18.0 Å². The van der Waals surface area contributed by atoms with E-state index in [1.807, 2.05) is 31.2 Å². The molecule has 7 nitrogen and oxygen atoms in total. The largest absolute Gasteiger partial charge is 0.354 e. The highest BCUT2D eigenvalue weighted by Gasteiger charge is 2.33. The number of rotatable bonds is 12. The zero-order valence-electron chi connectivity index (χ0n) is 22.2. The van der Waals surface area contributed by atoms with Gasteiger partial charge in [0.2, 0.25) is 11.8 Å². The standard InChI is InChI=1S/C29H33BrClN3O4S/c1-4-5-18-32-29(36)22(3)33(19-23-10-12-24(30)13-11-23)28(35)20-34(27-9-7-6-8-21(27)2)39(37,38)26-16-14-25(31)15-17-26/h6-17,22H,4-5,18-20H2,1-3H3,(H,32,36)/t22-/m1/s1. The highest BCUT2D eigenvalue weighted by Crippen LogP contribution is 2.28. The molecular formula is C29H33BrClN3O4S. The fourth-order valence-electron chi connectivity index (χ4n) is 4.00. The number of hydrogen-bond donors (Lipinski definition) is 1. The van der Waals surface area contributed by atoms with E-state index in [2.05, 4.69) is 21.2 Å². The summed E-state index contributed by atoms with van der Waals surface area (Å²) >= 11 is 9.41. The van der Waals surface area contributed by atoms with Gasteiger partial charge in [-0.25, -0.2) is 8.42 Å². The lowest BCUT2D eigenvalue weighted by Gasteiger charge is -2.32. The van der Waals surface area contributed by atoms with Crippen LogP contribution in [0.5, 0.6) is 0 Å². The number of halogens is 2. The molecule has 1 atom stereocenters. The summed E-state index contributed by atoms with van der Waals surface area (Å²) < 4.78 is 29.7. The molecule has 39 heavy (non-hydrogen) atoms. The molecule has 10 heteroatoms. The van der Waals surface area contributed by atoms with Crippen molar-refractivity contribution in [2.24, 2.45) is 0 Å². The van der Waals surface area contributed by atoms with Crippen molar-refractivity contribution in [1.29, 1.82) is 0 Å². The van der Waals surface area contributed by atoms with Gasteiger partial charge in [0.25, 0.3) is 10.0 Å². The summed E-state index contributed by atoms with van der Waals surface area (Å²) in [6, 6.07) is 19.4. The van der Waals surface area contributed by atoms with Gasteiger partial charge in [-0.1, -0.05) is 71.2 Å². The number of para-hydroxylation sites is 1. The molecule has 1 N–H and O–H groups in total. The lowest BCUT2D eigenvalue weighted by molar-refractivity contribution is -0.139. The number of hydrogen-bond acceptors (Lipinski definition) is 4. The Bertz CT molecular complexity index is 1380. The Morgan fingerprint density at radius 1 is 1.00 bits per heavy atom. The predicted octanol–water partition coefficient (Wildman–Crippen LogP) is 5.94. The molecule has 0 saturated carbocycles. The first-order chi connectivity index (χ1) is 18.5. The maximum Gasteiger partial charge on any atom is 0.264 e. The Hall–Kier alpha value is -2.88. The normalized spacial score (nSPS) is 12.0. The van der Waals surface area contributed by atoms with E-state index in [4.69, 9.17) is 11.6 Å². The minimum Gasteiger partial charge on any atom is -0.354 e. The minimum atomic E-state index is -4.14. The van der Waals surface area contributed by atoms with Crippen molar-refractivity contribution in [3.8, 4) is 0 Å². The summed E-state index contributed by atoms with van der Waals surface area (Å²) in [5.41, 5.74) is 1.87. The molecule has 0 aliphatic heterocycles. The van der Waals surface area contributed by atoms with E-state index in [0.717, 1.165) is 27.2 Å². The van der Waals surface area contributed by atoms with Gasteiger partial charge in [-0.2, -0.15) is 0 Å². The summed E-state index contributed by atoms with van der Waals surface area (Å²) in [5, 5.41) is 3.28. The van der Waals surface area contributed by atoms with Crippen LogP contribution in [0.15, 0.2) is 82.2 Å². The van der Waals surface area contributed by atoms with E-state index >= 15 is 0 Å². The van der Waals surface area contributed by atoms with Gasteiger partial charge < -0.3 is 10.2 Å². The van der Waals surface area contributed by atoms with Gasteiger partial charge in [-0.3, -0.25) is 13.9 Å². The van der Waals surface area contributed by atoms with Crippen molar-refractivity contribution in [3.63, 3.8) is 0 Å². The second kappa shape index (κ2) is 14.0. The Morgan fingerprint density at radius 2 is 1.64 bits per heavy atom. The number of anilines is 1. The molecule has 0 bridgehead atoms. The molecule has 3 aromatic rings. The van der Waals surface area contributed by atoms with Crippen LogP contribution >= 0.6 is 27.5 Å². The highest BCUT2D eigenvalue weighted by atomic mass is 79.9. The van der Waals surface area contributed by atoms with E-state index in [1.54, 1.807) is 38.1 Å². The molecule has 0 aliphatic carbocycles. The van der Waals surface area contributed by atoms with E-state index in [1.165, 1.54) is 29.2 Å². The Balaban J connectivity index is 2.00. The minimum absolute atomic E-state index is 0.00719. The van der Waals surface area contributed by atoms with Crippen molar-refractivity contribution >= 4 is 55.1 Å². The van der Waals surface area contributed by atoms with Gasteiger partial charge in [-0.15, -0.1) is 0 Å². The molecule has 0 aliphatic rings. The van der Waals surface area contributed by atoms with Crippen LogP contribution in [0, 0.1) is 6.92 Å². The fourth-order valence-corrected chi connectivity index (χ4v) is 5.86. The van der Waals surface area contributed by atoms with Crippen molar-refractivity contribution < 1.29 is 18.0 Å². The van der Waals surface area contributed by atoms with Crippen LogP contribution in [-0.2, 0) is 26.2 Å². The average Bonchev–Trinajstić information content (AvgIpc) is 2.91. The average molecular weight is 635 g/mol. The van der Waals surface area contributed by atoms with Crippen LogP contribution in [0.4, 0.5) is 5.69 Å². The van der Waals surface area contributed by atoms with E-state index in [0.29, 0.717) is 22.8 Å². The maximum atomic E-state index is 13.9. The third-order valence-corrected chi connectivity index (χ3v) is 8.88. The van der Waals surface area contributed by atoms with Crippen LogP contribution in [0.1, 0.15) is 37.8 Å². The number of unbranched alkanes of at least 4 members (excludes halogenated alkanes) is 1. The van der Waals surface area contributed by atoms with Crippen molar-refractivity contribution in [2.45, 2.75) is 51.1 Å². The molecule has 0 heterocycles. The number of carbonyl (C=O) groups excluding carboxylic acids is 2. The number of nitrogens with one attached hydrogen (secondary N) is 1. The second-order valence-electron chi connectivity index (χ2n) is 9.22. The van der Waals surface area contributed by atoms with Crippen molar-refractivity contribution in [1.82, 2.24) is 10.2 Å². The molecule has 3 rings (SSSR count). The zero-order chi connectivity index (χ0) is 28.6. The van der Waals surface area contributed by atoms with Gasteiger partial charge in [0.15, 0.2) is 0 Å².